The Morgan fingerprint density at radius 2 is 2.06 bits per heavy atom. The molecule has 0 bridgehead atoms. The molecular weight excluding hydrogens is 400 g/mol. The van der Waals surface area contributed by atoms with Gasteiger partial charge in [-0.1, -0.05) is 26.8 Å². The molecule has 0 saturated carbocycles. The number of ether oxygens (including phenoxy) is 1. The number of nitrogens with zero attached hydrogens (tertiary/aromatic N) is 1. The predicted octanol–water partition coefficient (Wildman–Crippen LogP) is 2.15. The topological polar surface area (TPSA) is 131 Å². The van der Waals surface area contributed by atoms with E-state index in [9.17, 15) is 19.2 Å². The van der Waals surface area contributed by atoms with Crippen LogP contribution in [0, 0.1) is 5.41 Å². The quantitative estimate of drug-likeness (QED) is 0.449. The van der Waals surface area contributed by atoms with Crippen molar-refractivity contribution in [3.05, 3.63) is 29.3 Å². The Morgan fingerprint density at radius 3 is 2.71 bits per heavy atom. The van der Waals surface area contributed by atoms with Gasteiger partial charge in [0.15, 0.2) is 0 Å². The van der Waals surface area contributed by atoms with Crippen molar-refractivity contribution in [2.75, 3.05) is 11.9 Å². The number of imide groups is 1. The van der Waals surface area contributed by atoms with Gasteiger partial charge in [0.2, 0.25) is 11.8 Å². The van der Waals surface area contributed by atoms with Crippen LogP contribution in [0.2, 0.25) is 0 Å². The van der Waals surface area contributed by atoms with Crippen molar-refractivity contribution in [3.8, 4) is 0 Å². The summed E-state index contributed by atoms with van der Waals surface area (Å²) in [4.78, 5) is 49.1. The number of fused-ring (bicyclic) bond motifs is 1. The minimum absolute atomic E-state index is 0.0511. The number of nitrogens with one attached hydrogen (secondary N) is 2. The van der Waals surface area contributed by atoms with Gasteiger partial charge in [-0.15, -0.1) is 0 Å². The maximum absolute atomic E-state index is 13.0. The summed E-state index contributed by atoms with van der Waals surface area (Å²) in [7, 11) is 0. The second kappa shape index (κ2) is 8.95. The number of nitrogens with two attached hydrogens (primary N) is 1. The molecule has 3 rings (SSSR count). The van der Waals surface area contributed by atoms with Crippen LogP contribution in [0.5, 0.6) is 0 Å². The molecule has 2 aliphatic rings. The Balaban J connectivity index is 1.76. The van der Waals surface area contributed by atoms with Crippen molar-refractivity contribution in [3.63, 3.8) is 0 Å². The van der Waals surface area contributed by atoms with Gasteiger partial charge in [0.05, 0.1) is 6.61 Å². The molecule has 1 fully saturated rings. The molecule has 1 aromatic rings. The molecule has 31 heavy (non-hydrogen) atoms. The average molecular weight is 431 g/mol. The molecule has 2 aliphatic heterocycles. The zero-order valence-corrected chi connectivity index (χ0v) is 18.2. The van der Waals surface area contributed by atoms with E-state index in [2.05, 4.69) is 31.4 Å². The first-order valence-electron chi connectivity index (χ1n) is 10.5. The Labute approximate surface area is 181 Å². The van der Waals surface area contributed by atoms with E-state index in [1.54, 1.807) is 11.0 Å². The van der Waals surface area contributed by atoms with Crippen molar-refractivity contribution in [2.45, 2.75) is 65.1 Å². The van der Waals surface area contributed by atoms with E-state index in [0.717, 1.165) is 17.7 Å². The fourth-order valence-corrected chi connectivity index (χ4v) is 4.09. The second-order valence-corrected chi connectivity index (χ2v) is 9.10. The molecule has 2 heterocycles. The number of benzene rings is 1. The summed E-state index contributed by atoms with van der Waals surface area (Å²) >= 11 is 0. The van der Waals surface area contributed by atoms with Crippen LogP contribution >= 0.6 is 0 Å². The largest absolute Gasteiger partial charge is 0.450 e. The van der Waals surface area contributed by atoms with Crippen molar-refractivity contribution in [2.24, 2.45) is 11.1 Å². The van der Waals surface area contributed by atoms with E-state index >= 15 is 0 Å². The SMILES string of the molecule is CC(C)(C)C(CCCOC(N)=O)Nc1cccc2c1CN(C1CCC(=O)NC1=O)C2=O. The summed E-state index contributed by atoms with van der Waals surface area (Å²) in [5, 5.41) is 5.89. The molecule has 4 N–H and O–H groups in total. The lowest BCUT2D eigenvalue weighted by atomic mass is 9.83. The summed E-state index contributed by atoms with van der Waals surface area (Å²) in [6.45, 7) is 6.90. The molecule has 168 valence electrons. The third-order valence-corrected chi connectivity index (χ3v) is 5.84. The smallest absolute Gasteiger partial charge is 0.404 e. The molecule has 0 aliphatic carbocycles. The number of anilines is 1. The van der Waals surface area contributed by atoms with Gasteiger partial charge in [-0.2, -0.15) is 0 Å². The van der Waals surface area contributed by atoms with Gasteiger partial charge in [0.1, 0.15) is 6.04 Å². The molecule has 2 unspecified atom stereocenters. The van der Waals surface area contributed by atoms with E-state index in [1.807, 2.05) is 12.1 Å². The fraction of sp³-hybridized carbons (Fsp3) is 0.545. The molecule has 0 radical (unpaired) electrons. The number of rotatable bonds is 7. The number of piperidine rings is 1. The summed E-state index contributed by atoms with van der Waals surface area (Å²) in [5.74, 6) is -0.926. The van der Waals surface area contributed by atoms with Crippen LogP contribution in [-0.2, 0) is 20.9 Å². The minimum Gasteiger partial charge on any atom is -0.450 e. The normalized spacial score (nSPS) is 19.6. The van der Waals surface area contributed by atoms with Crippen LogP contribution in [0.3, 0.4) is 0 Å². The lowest BCUT2D eigenvalue weighted by Crippen LogP contribution is -2.52. The highest BCUT2D eigenvalue weighted by Crippen LogP contribution is 2.35. The molecule has 0 spiro atoms. The van der Waals surface area contributed by atoms with E-state index < -0.39 is 18.0 Å². The van der Waals surface area contributed by atoms with E-state index in [0.29, 0.717) is 24.9 Å². The summed E-state index contributed by atoms with van der Waals surface area (Å²) in [5.41, 5.74) is 7.19. The van der Waals surface area contributed by atoms with Gasteiger partial charge in [-0.3, -0.25) is 19.7 Å². The first-order valence-corrected chi connectivity index (χ1v) is 10.5. The van der Waals surface area contributed by atoms with Crippen LogP contribution in [-0.4, -0.2) is 47.4 Å². The first-order chi connectivity index (χ1) is 14.6. The van der Waals surface area contributed by atoms with E-state index in [4.69, 9.17) is 10.5 Å². The highest BCUT2D eigenvalue weighted by atomic mass is 16.5. The molecule has 0 aromatic heterocycles. The highest BCUT2D eigenvalue weighted by Gasteiger charge is 2.40. The molecule has 9 heteroatoms. The van der Waals surface area contributed by atoms with Crippen molar-refractivity contribution < 1.29 is 23.9 Å². The van der Waals surface area contributed by atoms with Crippen LogP contribution < -0.4 is 16.4 Å². The monoisotopic (exact) mass is 430 g/mol. The van der Waals surface area contributed by atoms with E-state index in [-0.39, 0.29) is 36.3 Å². The number of hydrogen-bond donors (Lipinski definition) is 3. The molecule has 2 atom stereocenters. The Hall–Kier alpha value is -3.10. The van der Waals surface area contributed by atoms with Crippen molar-refractivity contribution in [1.29, 1.82) is 0 Å². The number of primary amides is 1. The number of hydrogen-bond acceptors (Lipinski definition) is 6. The number of amides is 4. The van der Waals surface area contributed by atoms with Crippen LogP contribution in [0.1, 0.15) is 62.4 Å². The zero-order valence-electron chi connectivity index (χ0n) is 18.2. The Kier molecular flexibility index (Phi) is 6.52. The van der Waals surface area contributed by atoms with Gasteiger partial charge in [0.25, 0.3) is 5.91 Å². The predicted molar refractivity (Wildman–Crippen MR) is 114 cm³/mol. The van der Waals surface area contributed by atoms with Gasteiger partial charge < -0.3 is 20.7 Å². The molecule has 1 aromatic carbocycles. The van der Waals surface area contributed by atoms with Gasteiger partial charge in [-0.25, -0.2) is 4.79 Å². The van der Waals surface area contributed by atoms with Crippen molar-refractivity contribution in [1.82, 2.24) is 10.2 Å². The minimum atomic E-state index is -0.784. The molecule has 4 amide bonds. The third-order valence-electron chi connectivity index (χ3n) is 5.84. The van der Waals surface area contributed by atoms with Gasteiger partial charge >= 0.3 is 6.09 Å². The summed E-state index contributed by atoms with van der Waals surface area (Å²) < 4.78 is 4.84. The maximum Gasteiger partial charge on any atom is 0.404 e. The molecule has 9 nitrogen and oxygen atoms in total. The zero-order chi connectivity index (χ0) is 22.8. The molecular formula is C22H30N4O5. The van der Waals surface area contributed by atoms with Gasteiger partial charge in [0, 0.05) is 35.8 Å². The van der Waals surface area contributed by atoms with Crippen LogP contribution in [0.4, 0.5) is 10.5 Å². The first kappa shape index (κ1) is 22.6. The maximum atomic E-state index is 13.0. The fourth-order valence-electron chi connectivity index (χ4n) is 4.09. The van der Waals surface area contributed by atoms with Crippen molar-refractivity contribution >= 4 is 29.5 Å². The lowest BCUT2D eigenvalue weighted by molar-refractivity contribution is -0.136. The summed E-state index contributed by atoms with van der Waals surface area (Å²) in [6.07, 6.45) is 1.16. The van der Waals surface area contributed by atoms with E-state index in [1.165, 1.54) is 0 Å². The average Bonchev–Trinajstić information content (AvgIpc) is 3.00. The Morgan fingerprint density at radius 1 is 1.32 bits per heavy atom. The van der Waals surface area contributed by atoms with Crippen LogP contribution in [0.25, 0.3) is 0 Å². The lowest BCUT2D eigenvalue weighted by Gasteiger charge is -2.33. The summed E-state index contributed by atoms with van der Waals surface area (Å²) in [6, 6.07) is 4.92. The molecule has 1 saturated heterocycles. The second-order valence-electron chi connectivity index (χ2n) is 9.10. The number of carbonyl (C=O) groups excluding carboxylic acids is 4. The van der Waals surface area contributed by atoms with Crippen LogP contribution in [0.15, 0.2) is 18.2 Å². The standard InChI is InChI=1S/C22H30N4O5/c1-22(2,3)17(8-5-11-31-21(23)30)24-15-7-4-6-13-14(15)12-26(20(13)29)16-9-10-18(27)25-19(16)28/h4,6-7,16-17,24H,5,8-12H2,1-3H3,(H2,23,30)(H,25,27,28). The Bertz CT molecular complexity index is 892. The third kappa shape index (κ3) is 5.15. The highest BCUT2D eigenvalue weighted by molar-refractivity contribution is 6.06. The van der Waals surface area contributed by atoms with Gasteiger partial charge in [-0.05, 0) is 36.8 Å². The number of carbonyl (C=O) groups is 4.